The molecule has 2 aromatic rings. The molecule has 12 heteroatoms. The van der Waals surface area contributed by atoms with Crippen molar-refractivity contribution in [2.45, 2.75) is 12.2 Å². The van der Waals surface area contributed by atoms with Gasteiger partial charge in [-0.1, -0.05) is 0 Å². The van der Waals surface area contributed by atoms with Crippen LogP contribution in [-0.2, 0) is 12.2 Å². The summed E-state index contributed by atoms with van der Waals surface area (Å²) in [6.07, 6.45) is 2.98. The Morgan fingerprint density at radius 2 is 0.759 bits per heavy atom. The molecule has 0 fully saturated rings. The Morgan fingerprint density at radius 1 is 0.448 bits per heavy atom. The lowest BCUT2D eigenvalue weighted by molar-refractivity contribution is 0.371. The maximum absolute atomic E-state index is 13.0. The summed E-state index contributed by atoms with van der Waals surface area (Å²) in [5.74, 6) is -18.7. The summed E-state index contributed by atoms with van der Waals surface area (Å²) in [5, 5.41) is 0. The summed E-state index contributed by atoms with van der Waals surface area (Å²) in [5.41, 5.74) is -1.53. The molecule has 0 amide bonds. The lowest BCUT2D eigenvalue weighted by Gasteiger charge is -2.06. The minimum absolute atomic E-state index is 0.188. The smallest absolute Gasteiger partial charge is 0.200 e. The summed E-state index contributed by atoms with van der Waals surface area (Å²) in [6.45, 7) is 0. The lowest BCUT2D eigenvalue weighted by Crippen LogP contribution is -2.07. The van der Waals surface area contributed by atoms with Crippen LogP contribution < -0.4 is 0 Å². The van der Waals surface area contributed by atoms with Gasteiger partial charge in [0.1, 0.15) is 0 Å². The van der Waals surface area contributed by atoms with Gasteiger partial charge in [0.25, 0.3) is 0 Å². The van der Waals surface area contributed by atoms with Gasteiger partial charge in [0.05, 0.1) is 0 Å². The van der Waals surface area contributed by atoms with E-state index in [-0.39, 0.29) is 12.2 Å². The largest absolute Gasteiger partial charge is 0.203 e. The van der Waals surface area contributed by atoms with Gasteiger partial charge in [0.2, 0.25) is 11.6 Å². The molecule has 0 spiro atoms. The van der Waals surface area contributed by atoms with Crippen molar-refractivity contribution < 1.29 is 43.9 Å². The van der Waals surface area contributed by atoms with E-state index in [0.717, 1.165) is 11.8 Å². The fourth-order valence-corrected chi connectivity index (χ4v) is 2.95. The summed E-state index contributed by atoms with van der Waals surface area (Å²) < 4.78 is 127. The minimum atomic E-state index is -2.12. The Bertz CT molecular complexity index is 827. The standard InChI is InChI=1S/C9H7F5S.C8H5F5S/c1-15-3-2-4-5(10)7(12)9(14)8(13)6(4)11;1-14-2-3-4(9)6(11)8(13)7(12)5(3)10/h2-3H2,1H3;2H2,1H3. The highest BCUT2D eigenvalue weighted by molar-refractivity contribution is 7.98. The number of hydrogen-bond acceptors (Lipinski definition) is 2. The first-order chi connectivity index (χ1) is 13.5. The first kappa shape index (κ1) is 25.5. The molecule has 0 heterocycles. The molecule has 29 heavy (non-hydrogen) atoms. The van der Waals surface area contributed by atoms with E-state index in [9.17, 15) is 43.9 Å². The quantitative estimate of drug-likeness (QED) is 0.277. The minimum Gasteiger partial charge on any atom is -0.203 e. The van der Waals surface area contributed by atoms with Crippen LogP contribution in [0.4, 0.5) is 43.9 Å². The number of rotatable bonds is 5. The van der Waals surface area contributed by atoms with Gasteiger partial charge in [-0.25, -0.2) is 43.9 Å². The van der Waals surface area contributed by atoms with Crippen LogP contribution in [-0.4, -0.2) is 18.3 Å². The Balaban J connectivity index is 0.000000291. The van der Waals surface area contributed by atoms with E-state index >= 15 is 0 Å². The van der Waals surface area contributed by atoms with Crippen LogP contribution in [0.15, 0.2) is 0 Å². The predicted molar refractivity (Wildman–Crippen MR) is 91.8 cm³/mol. The molecule has 0 bridgehead atoms. The molecule has 0 atom stereocenters. The fourth-order valence-electron chi connectivity index (χ4n) is 2.00. The molecule has 2 aromatic carbocycles. The van der Waals surface area contributed by atoms with Crippen LogP contribution in [0, 0.1) is 58.2 Å². The van der Waals surface area contributed by atoms with Crippen molar-refractivity contribution in [1.29, 1.82) is 0 Å². The molecular formula is C17H12F10S2. The number of thioether (sulfide) groups is 2. The van der Waals surface area contributed by atoms with Crippen molar-refractivity contribution in [1.82, 2.24) is 0 Å². The summed E-state index contributed by atoms with van der Waals surface area (Å²) in [7, 11) is 0. The average Bonchev–Trinajstić information content (AvgIpc) is 2.71. The van der Waals surface area contributed by atoms with Gasteiger partial charge in [0, 0.05) is 16.9 Å². The number of halogens is 10. The molecule has 162 valence electrons. The van der Waals surface area contributed by atoms with Crippen LogP contribution in [0.5, 0.6) is 0 Å². The second-order valence-electron chi connectivity index (χ2n) is 5.27. The molecule has 0 N–H and O–H groups in total. The molecule has 0 saturated heterocycles. The predicted octanol–water partition coefficient (Wildman–Crippen LogP) is 6.53. The Hall–Kier alpha value is -1.56. The normalized spacial score (nSPS) is 10.8. The summed E-state index contributed by atoms with van der Waals surface area (Å²) in [6, 6.07) is 0. The van der Waals surface area contributed by atoms with Crippen molar-refractivity contribution in [3.05, 3.63) is 69.3 Å². The van der Waals surface area contributed by atoms with E-state index in [1.54, 1.807) is 6.26 Å². The Morgan fingerprint density at radius 3 is 1.07 bits per heavy atom. The van der Waals surface area contributed by atoms with Crippen molar-refractivity contribution in [2.75, 3.05) is 18.3 Å². The molecule has 0 radical (unpaired) electrons. The van der Waals surface area contributed by atoms with E-state index in [1.165, 1.54) is 18.0 Å². The molecule has 0 nitrogen and oxygen atoms in total. The van der Waals surface area contributed by atoms with Gasteiger partial charge in [-0.15, -0.1) is 0 Å². The second-order valence-corrected chi connectivity index (χ2v) is 7.12. The number of benzene rings is 2. The Labute approximate surface area is 167 Å². The van der Waals surface area contributed by atoms with Crippen LogP contribution in [0.3, 0.4) is 0 Å². The van der Waals surface area contributed by atoms with Gasteiger partial charge in [-0.2, -0.15) is 23.5 Å². The topological polar surface area (TPSA) is 0 Å². The maximum Gasteiger partial charge on any atom is 0.200 e. The third-order valence-electron chi connectivity index (χ3n) is 3.45. The van der Waals surface area contributed by atoms with E-state index in [2.05, 4.69) is 0 Å². The van der Waals surface area contributed by atoms with Crippen molar-refractivity contribution in [2.24, 2.45) is 0 Å². The zero-order chi connectivity index (χ0) is 22.5. The van der Waals surface area contributed by atoms with Crippen LogP contribution in [0.25, 0.3) is 0 Å². The van der Waals surface area contributed by atoms with Crippen molar-refractivity contribution >= 4 is 23.5 Å². The molecular weight excluding hydrogens is 458 g/mol. The fraction of sp³-hybridized carbons (Fsp3) is 0.294. The van der Waals surface area contributed by atoms with E-state index in [0.29, 0.717) is 5.75 Å². The van der Waals surface area contributed by atoms with Crippen LogP contribution in [0.2, 0.25) is 0 Å². The summed E-state index contributed by atoms with van der Waals surface area (Å²) in [4.78, 5) is 0. The van der Waals surface area contributed by atoms with Crippen LogP contribution >= 0.6 is 23.5 Å². The second kappa shape index (κ2) is 11.0. The molecule has 0 aliphatic rings. The van der Waals surface area contributed by atoms with E-state index in [4.69, 9.17) is 0 Å². The lowest BCUT2D eigenvalue weighted by atomic mass is 10.1. The highest BCUT2D eigenvalue weighted by atomic mass is 32.2. The molecule has 0 unspecified atom stereocenters. The Kier molecular flexibility index (Phi) is 9.66. The van der Waals surface area contributed by atoms with Crippen LogP contribution in [0.1, 0.15) is 11.1 Å². The zero-order valence-corrected chi connectivity index (χ0v) is 16.4. The molecule has 2 rings (SSSR count). The highest BCUT2D eigenvalue weighted by Crippen LogP contribution is 2.25. The third kappa shape index (κ3) is 5.53. The maximum atomic E-state index is 13.0. The molecule has 0 aromatic heterocycles. The first-order valence-electron chi connectivity index (χ1n) is 7.49. The molecule has 0 aliphatic carbocycles. The molecule has 0 aliphatic heterocycles. The third-order valence-corrected chi connectivity index (χ3v) is 4.64. The van der Waals surface area contributed by atoms with E-state index in [1.807, 2.05) is 0 Å². The average molecular weight is 470 g/mol. The van der Waals surface area contributed by atoms with Gasteiger partial charge in [-0.05, 0) is 24.7 Å². The van der Waals surface area contributed by atoms with Crippen molar-refractivity contribution in [3.8, 4) is 0 Å². The van der Waals surface area contributed by atoms with Gasteiger partial charge < -0.3 is 0 Å². The zero-order valence-electron chi connectivity index (χ0n) is 14.7. The van der Waals surface area contributed by atoms with Gasteiger partial charge in [-0.3, -0.25) is 0 Å². The SMILES string of the molecule is CSCCc1c(F)c(F)c(F)c(F)c1F.CSCc1c(F)c(F)c(F)c(F)c1F. The van der Waals surface area contributed by atoms with Crippen molar-refractivity contribution in [3.63, 3.8) is 0 Å². The highest BCUT2D eigenvalue weighted by Gasteiger charge is 2.25. The van der Waals surface area contributed by atoms with E-state index < -0.39 is 69.3 Å². The number of hydrogen-bond donors (Lipinski definition) is 0. The van der Waals surface area contributed by atoms with Gasteiger partial charge >= 0.3 is 0 Å². The monoisotopic (exact) mass is 470 g/mol. The molecule has 0 saturated carbocycles. The van der Waals surface area contributed by atoms with Gasteiger partial charge in [0.15, 0.2) is 46.5 Å². The summed E-state index contributed by atoms with van der Waals surface area (Å²) >= 11 is 2.23. The first-order valence-corrected chi connectivity index (χ1v) is 10.3.